The summed E-state index contributed by atoms with van der Waals surface area (Å²) in [5, 5.41) is 11.5. The van der Waals surface area contributed by atoms with E-state index < -0.39 is 5.97 Å². The molecule has 1 aromatic heterocycles. The lowest BCUT2D eigenvalue weighted by molar-refractivity contribution is 0.0690. The molecular formula is C14H19N3O3. The van der Waals surface area contributed by atoms with Gasteiger partial charge in [-0.15, -0.1) is 0 Å². The van der Waals surface area contributed by atoms with Crippen molar-refractivity contribution in [1.82, 2.24) is 15.2 Å². The van der Waals surface area contributed by atoms with Crippen molar-refractivity contribution in [2.24, 2.45) is 5.92 Å². The molecule has 0 radical (unpaired) electrons. The minimum atomic E-state index is -1.05. The maximum absolute atomic E-state index is 11.9. The van der Waals surface area contributed by atoms with Gasteiger partial charge in [-0.05, 0) is 30.4 Å². The molecule has 1 aliphatic carbocycles. The minimum absolute atomic E-state index is 0.00202. The first-order chi connectivity index (χ1) is 9.56. The summed E-state index contributed by atoms with van der Waals surface area (Å²) in [6, 6.07) is 2.98. The van der Waals surface area contributed by atoms with Crippen LogP contribution >= 0.6 is 0 Å². The Morgan fingerprint density at radius 3 is 2.70 bits per heavy atom. The monoisotopic (exact) mass is 277 g/mol. The first-order valence-corrected chi connectivity index (χ1v) is 6.73. The van der Waals surface area contributed by atoms with Gasteiger partial charge < -0.3 is 15.3 Å². The molecule has 1 aromatic rings. The lowest BCUT2D eigenvalue weighted by atomic mass is 9.85. The number of aromatic carboxylic acids is 1. The van der Waals surface area contributed by atoms with Crippen molar-refractivity contribution in [3.05, 3.63) is 29.6 Å². The van der Waals surface area contributed by atoms with Gasteiger partial charge in [-0.1, -0.05) is 12.5 Å². The Balaban J connectivity index is 1.78. The van der Waals surface area contributed by atoms with E-state index in [1.807, 2.05) is 0 Å². The van der Waals surface area contributed by atoms with Gasteiger partial charge in [-0.2, -0.15) is 0 Å². The van der Waals surface area contributed by atoms with E-state index in [0.717, 1.165) is 12.1 Å². The van der Waals surface area contributed by atoms with Gasteiger partial charge in [0.05, 0.1) is 0 Å². The molecule has 1 saturated carbocycles. The molecule has 6 heteroatoms. The normalized spacial score (nSPS) is 14.4. The van der Waals surface area contributed by atoms with E-state index in [9.17, 15) is 9.59 Å². The van der Waals surface area contributed by atoms with Gasteiger partial charge >= 0.3 is 12.0 Å². The predicted octanol–water partition coefficient (Wildman–Crippen LogP) is 1.72. The SMILES string of the molecule is CN(CC1CCC1)C(=O)NCc1ccc(C(=O)O)nc1. The topological polar surface area (TPSA) is 82.5 Å². The molecule has 2 amide bonds. The summed E-state index contributed by atoms with van der Waals surface area (Å²) in [6.45, 7) is 1.14. The van der Waals surface area contributed by atoms with Crippen LogP contribution in [-0.2, 0) is 6.54 Å². The van der Waals surface area contributed by atoms with Crippen molar-refractivity contribution in [1.29, 1.82) is 0 Å². The quantitative estimate of drug-likeness (QED) is 0.858. The number of urea groups is 1. The number of hydrogen-bond donors (Lipinski definition) is 2. The van der Waals surface area contributed by atoms with Crippen LogP contribution in [0.2, 0.25) is 0 Å². The lowest BCUT2D eigenvalue weighted by Gasteiger charge is -2.30. The molecule has 0 saturated heterocycles. The zero-order valence-electron chi connectivity index (χ0n) is 11.5. The predicted molar refractivity (Wildman–Crippen MR) is 73.4 cm³/mol. The summed E-state index contributed by atoms with van der Waals surface area (Å²) >= 11 is 0. The second-order valence-corrected chi connectivity index (χ2v) is 5.19. The molecule has 0 aliphatic heterocycles. The van der Waals surface area contributed by atoms with Crippen molar-refractivity contribution in [2.45, 2.75) is 25.8 Å². The van der Waals surface area contributed by atoms with E-state index in [0.29, 0.717) is 12.5 Å². The molecule has 2 rings (SSSR count). The zero-order valence-corrected chi connectivity index (χ0v) is 11.5. The smallest absolute Gasteiger partial charge is 0.354 e. The number of carbonyl (C=O) groups is 2. The van der Waals surface area contributed by atoms with Crippen molar-refractivity contribution < 1.29 is 14.7 Å². The van der Waals surface area contributed by atoms with Gasteiger partial charge in [0.1, 0.15) is 5.69 Å². The number of carboxylic acid groups (broad SMARTS) is 1. The molecule has 1 aliphatic rings. The second-order valence-electron chi connectivity index (χ2n) is 5.19. The maximum atomic E-state index is 11.9. The molecule has 20 heavy (non-hydrogen) atoms. The Morgan fingerprint density at radius 2 is 2.20 bits per heavy atom. The first-order valence-electron chi connectivity index (χ1n) is 6.73. The molecule has 0 spiro atoms. The Labute approximate surface area is 117 Å². The van der Waals surface area contributed by atoms with Crippen molar-refractivity contribution >= 4 is 12.0 Å². The van der Waals surface area contributed by atoms with E-state index in [1.165, 1.54) is 31.5 Å². The Morgan fingerprint density at radius 1 is 1.45 bits per heavy atom. The molecule has 108 valence electrons. The van der Waals surface area contributed by atoms with Crippen LogP contribution in [-0.4, -0.2) is 40.6 Å². The average molecular weight is 277 g/mol. The molecule has 2 N–H and O–H groups in total. The van der Waals surface area contributed by atoms with Gasteiger partial charge in [-0.25, -0.2) is 14.6 Å². The van der Waals surface area contributed by atoms with E-state index in [-0.39, 0.29) is 11.7 Å². The fraction of sp³-hybridized carbons (Fsp3) is 0.500. The van der Waals surface area contributed by atoms with Crippen LogP contribution in [0.15, 0.2) is 18.3 Å². The van der Waals surface area contributed by atoms with Crippen molar-refractivity contribution in [3.8, 4) is 0 Å². The zero-order chi connectivity index (χ0) is 14.5. The van der Waals surface area contributed by atoms with E-state index in [1.54, 1.807) is 18.0 Å². The third-order valence-corrected chi connectivity index (χ3v) is 3.59. The summed E-state index contributed by atoms with van der Waals surface area (Å²) in [7, 11) is 1.79. The summed E-state index contributed by atoms with van der Waals surface area (Å²) in [5.74, 6) is -0.414. The number of nitrogens with zero attached hydrogens (tertiary/aromatic N) is 2. The number of carboxylic acids is 1. The highest BCUT2D eigenvalue weighted by atomic mass is 16.4. The van der Waals surface area contributed by atoms with Gasteiger partial charge in [0, 0.05) is 26.3 Å². The molecule has 6 nitrogen and oxygen atoms in total. The van der Waals surface area contributed by atoms with Crippen LogP contribution in [0.25, 0.3) is 0 Å². The molecule has 0 aromatic carbocycles. The van der Waals surface area contributed by atoms with E-state index in [2.05, 4.69) is 10.3 Å². The molecular weight excluding hydrogens is 258 g/mol. The number of nitrogens with one attached hydrogen (secondary N) is 1. The van der Waals surface area contributed by atoms with Gasteiger partial charge in [-0.3, -0.25) is 0 Å². The lowest BCUT2D eigenvalue weighted by Crippen LogP contribution is -2.40. The fourth-order valence-corrected chi connectivity index (χ4v) is 2.11. The maximum Gasteiger partial charge on any atom is 0.354 e. The number of pyridine rings is 1. The number of rotatable bonds is 5. The number of amides is 2. The highest BCUT2D eigenvalue weighted by Gasteiger charge is 2.21. The van der Waals surface area contributed by atoms with Crippen molar-refractivity contribution in [3.63, 3.8) is 0 Å². The molecule has 0 atom stereocenters. The molecule has 0 unspecified atom stereocenters. The third-order valence-electron chi connectivity index (χ3n) is 3.59. The Bertz CT molecular complexity index is 483. The van der Waals surface area contributed by atoms with Gasteiger partial charge in [0.25, 0.3) is 0 Å². The number of aromatic nitrogens is 1. The summed E-state index contributed by atoms with van der Waals surface area (Å²) in [5.41, 5.74) is 0.780. The fourth-order valence-electron chi connectivity index (χ4n) is 2.11. The van der Waals surface area contributed by atoms with Crippen LogP contribution in [0.5, 0.6) is 0 Å². The standard InChI is InChI=1S/C14H19N3O3/c1-17(9-10-3-2-4-10)14(20)16-8-11-5-6-12(13(18)19)15-7-11/h5-7,10H,2-4,8-9H2,1H3,(H,16,20)(H,18,19). The number of hydrogen-bond acceptors (Lipinski definition) is 3. The van der Waals surface area contributed by atoms with Crippen LogP contribution in [0.4, 0.5) is 4.79 Å². The van der Waals surface area contributed by atoms with Crippen LogP contribution in [0.1, 0.15) is 35.3 Å². The second kappa shape index (κ2) is 6.36. The van der Waals surface area contributed by atoms with Gasteiger partial charge in [0.2, 0.25) is 0 Å². The third kappa shape index (κ3) is 3.69. The average Bonchev–Trinajstić information content (AvgIpc) is 2.40. The highest BCUT2D eigenvalue weighted by molar-refractivity contribution is 5.85. The molecule has 1 fully saturated rings. The van der Waals surface area contributed by atoms with Crippen LogP contribution < -0.4 is 5.32 Å². The van der Waals surface area contributed by atoms with E-state index >= 15 is 0 Å². The summed E-state index contributed by atoms with van der Waals surface area (Å²) < 4.78 is 0. The van der Waals surface area contributed by atoms with Crippen LogP contribution in [0, 0.1) is 5.92 Å². The first kappa shape index (κ1) is 14.3. The van der Waals surface area contributed by atoms with Crippen LogP contribution in [0.3, 0.4) is 0 Å². The largest absolute Gasteiger partial charge is 0.477 e. The minimum Gasteiger partial charge on any atom is -0.477 e. The van der Waals surface area contributed by atoms with E-state index in [4.69, 9.17) is 5.11 Å². The summed E-state index contributed by atoms with van der Waals surface area (Å²) in [4.78, 5) is 28.0. The number of carbonyl (C=O) groups excluding carboxylic acids is 1. The van der Waals surface area contributed by atoms with Crippen molar-refractivity contribution in [2.75, 3.05) is 13.6 Å². The Kier molecular flexibility index (Phi) is 4.55. The Hall–Kier alpha value is -2.11. The molecule has 0 bridgehead atoms. The van der Waals surface area contributed by atoms with Gasteiger partial charge in [0.15, 0.2) is 0 Å². The molecule has 1 heterocycles. The highest BCUT2D eigenvalue weighted by Crippen LogP contribution is 2.26. The summed E-state index contributed by atoms with van der Waals surface area (Å²) in [6.07, 6.45) is 5.15.